The summed E-state index contributed by atoms with van der Waals surface area (Å²) in [5.74, 6) is 2.82. The summed E-state index contributed by atoms with van der Waals surface area (Å²) in [6.45, 7) is 4.47. The molecule has 0 aromatic rings. The Hall–Kier alpha value is -0.510. The summed E-state index contributed by atoms with van der Waals surface area (Å²) in [6.07, 6.45) is 12.1. The Balaban J connectivity index is 1.87. The van der Waals surface area contributed by atoms with Gasteiger partial charge in [-0.1, -0.05) is 32.6 Å². The van der Waals surface area contributed by atoms with Gasteiger partial charge in [-0.2, -0.15) is 5.26 Å². The molecule has 17 heavy (non-hydrogen) atoms. The van der Waals surface area contributed by atoms with E-state index in [0.29, 0.717) is 0 Å². The number of nitrogens with zero attached hydrogens (tertiary/aromatic N) is 1. The second-order valence-electron chi connectivity index (χ2n) is 6.76. The van der Waals surface area contributed by atoms with Gasteiger partial charge in [0.1, 0.15) is 0 Å². The molecule has 2 aliphatic rings. The fraction of sp³-hybridized carbons (Fsp3) is 0.938. The van der Waals surface area contributed by atoms with Crippen molar-refractivity contribution in [3.8, 4) is 6.07 Å². The van der Waals surface area contributed by atoms with Crippen molar-refractivity contribution in [3.05, 3.63) is 0 Å². The lowest BCUT2D eigenvalue weighted by Crippen LogP contribution is -2.35. The summed E-state index contributed by atoms with van der Waals surface area (Å²) in [7, 11) is 0. The molecule has 0 aliphatic heterocycles. The van der Waals surface area contributed by atoms with Gasteiger partial charge in [-0.15, -0.1) is 0 Å². The first-order valence-electron chi connectivity index (χ1n) is 7.58. The summed E-state index contributed by atoms with van der Waals surface area (Å²) in [5.41, 5.74) is -0.00256. The highest BCUT2D eigenvalue weighted by atomic mass is 14.5. The Kier molecular flexibility index (Phi) is 4.13. The maximum Gasteiger partial charge on any atom is 0.0686 e. The zero-order chi connectivity index (χ0) is 12.3. The summed E-state index contributed by atoms with van der Waals surface area (Å²) in [5, 5.41) is 9.26. The van der Waals surface area contributed by atoms with E-state index < -0.39 is 0 Å². The van der Waals surface area contributed by atoms with Crippen LogP contribution in [0.3, 0.4) is 0 Å². The van der Waals surface area contributed by atoms with Crippen LogP contribution in [0.25, 0.3) is 0 Å². The highest BCUT2D eigenvalue weighted by Gasteiger charge is 2.40. The van der Waals surface area contributed by atoms with E-state index in [4.69, 9.17) is 0 Å². The Labute approximate surface area is 107 Å². The second kappa shape index (κ2) is 5.42. The van der Waals surface area contributed by atoms with Crippen molar-refractivity contribution in [2.45, 2.75) is 71.6 Å². The minimum absolute atomic E-state index is 0.00256. The zero-order valence-corrected chi connectivity index (χ0v) is 11.5. The molecule has 1 heteroatoms. The highest BCUT2D eigenvalue weighted by molar-refractivity contribution is 5.01. The molecular formula is C16H27N. The number of hydrogen-bond acceptors (Lipinski definition) is 1. The van der Waals surface area contributed by atoms with Crippen LogP contribution in [-0.2, 0) is 0 Å². The quantitative estimate of drug-likeness (QED) is 0.678. The van der Waals surface area contributed by atoms with Crippen molar-refractivity contribution >= 4 is 0 Å². The Morgan fingerprint density at radius 3 is 2.76 bits per heavy atom. The van der Waals surface area contributed by atoms with E-state index in [-0.39, 0.29) is 5.41 Å². The summed E-state index contributed by atoms with van der Waals surface area (Å²) in [4.78, 5) is 0. The fourth-order valence-electron chi connectivity index (χ4n) is 4.09. The first kappa shape index (κ1) is 12.9. The van der Waals surface area contributed by atoms with Crippen LogP contribution < -0.4 is 0 Å². The second-order valence-corrected chi connectivity index (χ2v) is 6.76. The lowest BCUT2D eigenvalue weighted by atomic mass is 9.60. The normalized spacial score (nSPS) is 41.6. The van der Waals surface area contributed by atoms with Crippen molar-refractivity contribution in [1.29, 1.82) is 5.26 Å². The smallest absolute Gasteiger partial charge is 0.0686 e. The molecule has 4 atom stereocenters. The molecule has 0 heterocycles. The largest absolute Gasteiger partial charge is 0.198 e. The molecule has 0 bridgehead atoms. The minimum Gasteiger partial charge on any atom is -0.198 e. The van der Waals surface area contributed by atoms with Crippen LogP contribution in [0, 0.1) is 34.5 Å². The minimum atomic E-state index is -0.00256. The highest BCUT2D eigenvalue weighted by Crippen LogP contribution is 2.49. The maximum absolute atomic E-state index is 9.26. The van der Waals surface area contributed by atoms with E-state index in [2.05, 4.69) is 19.9 Å². The van der Waals surface area contributed by atoms with E-state index in [0.717, 1.165) is 24.2 Å². The molecule has 0 radical (unpaired) electrons. The third-order valence-electron chi connectivity index (χ3n) is 5.26. The van der Waals surface area contributed by atoms with Gasteiger partial charge in [-0.05, 0) is 56.8 Å². The van der Waals surface area contributed by atoms with Crippen LogP contribution in [-0.4, -0.2) is 0 Å². The van der Waals surface area contributed by atoms with Crippen molar-refractivity contribution < 1.29 is 0 Å². The zero-order valence-electron chi connectivity index (χ0n) is 11.5. The molecule has 2 fully saturated rings. The van der Waals surface area contributed by atoms with Gasteiger partial charge in [0.05, 0.1) is 11.5 Å². The van der Waals surface area contributed by atoms with E-state index >= 15 is 0 Å². The topological polar surface area (TPSA) is 23.8 Å². The van der Waals surface area contributed by atoms with Crippen molar-refractivity contribution in [2.75, 3.05) is 0 Å². The molecule has 2 aliphatic carbocycles. The lowest BCUT2D eigenvalue weighted by Gasteiger charge is -2.44. The van der Waals surface area contributed by atoms with Crippen LogP contribution >= 0.6 is 0 Å². The molecule has 96 valence electrons. The molecule has 2 rings (SSSR count). The summed E-state index contributed by atoms with van der Waals surface area (Å²) < 4.78 is 0. The third-order valence-corrected chi connectivity index (χ3v) is 5.26. The number of nitriles is 1. The summed E-state index contributed by atoms with van der Waals surface area (Å²) >= 11 is 0. The Morgan fingerprint density at radius 1 is 1.24 bits per heavy atom. The number of rotatable bonds is 3. The average Bonchev–Trinajstić information content (AvgIpc) is 2.36. The average molecular weight is 233 g/mol. The first-order valence-corrected chi connectivity index (χ1v) is 7.58. The van der Waals surface area contributed by atoms with Crippen LogP contribution in [0.1, 0.15) is 71.6 Å². The molecule has 0 amide bonds. The molecule has 0 N–H and O–H groups in total. The SMILES string of the molecule is CCCCC1CCC2CC(C)(C#N)CCC2C1. The predicted octanol–water partition coefficient (Wildman–Crippen LogP) is 4.92. The van der Waals surface area contributed by atoms with Crippen LogP contribution in [0.15, 0.2) is 0 Å². The fourth-order valence-corrected chi connectivity index (χ4v) is 4.09. The van der Waals surface area contributed by atoms with Gasteiger partial charge in [-0.25, -0.2) is 0 Å². The molecule has 0 aromatic heterocycles. The van der Waals surface area contributed by atoms with Gasteiger partial charge in [0.15, 0.2) is 0 Å². The Bertz CT molecular complexity index is 290. The summed E-state index contributed by atoms with van der Waals surface area (Å²) in [6, 6.07) is 2.56. The molecular weight excluding hydrogens is 206 g/mol. The van der Waals surface area contributed by atoms with Crippen molar-refractivity contribution in [2.24, 2.45) is 23.2 Å². The van der Waals surface area contributed by atoms with Crippen LogP contribution in [0.2, 0.25) is 0 Å². The van der Waals surface area contributed by atoms with Gasteiger partial charge >= 0.3 is 0 Å². The number of fused-ring (bicyclic) bond motifs is 1. The van der Waals surface area contributed by atoms with E-state index in [1.165, 1.54) is 51.4 Å². The molecule has 2 saturated carbocycles. The van der Waals surface area contributed by atoms with Gasteiger partial charge < -0.3 is 0 Å². The standard InChI is InChI=1S/C16H27N/c1-3-4-5-13-6-7-15-11-16(2,12-17)9-8-14(15)10-13/h13-15H,3-11H2,1-2H3. The van der Waals surface area contributed by atoms with E-state index in [1.807, 2.05) is 0 Å². The third kappa shape index (κ3) is 3.03. The van der Waals surface area contributed by atoms with Gasteiger partial charge in [0, 0.05) is 0 Å². The van der Waals surface area contributed by atoms with Gasteiger partial charge in [0.25, 0.3) is 0 Å². The molecule has 0 spiro atoms. The van der Waals surface area contributed by atoms with Gasteiger partial charge in [0.2, 0.25) is 0 Å². The Morgan fingerprint density at radius 2 is 2.06 bits per heavy atom. The lowest BCUT2D eigenvalue weighted by molar-refractivity contribution is 0.0750. The van der Waals surface area contributed by atoms with Crippen LogP contribution in [0.4, 0.5) is 0 Å². The van der Waals surface area contributed by atoms with Crippen molar-refractivity contribution in [1.82, 2.24) is 0 Å². The van der Waals surface area contributed by atoms with E-state index in [9.17, 15) is 5.26 Å². The van der Waals surface area contributed by atoms with Gasteiger partial charge in [-0.3, -0.25) is 0 Å². The molecule has 1 nitrogen and oxygen atoms in total. The van der Waals surface area contributed by atoms with E-state index in [1.54, 1.807) is 0 Å². The molecule has 0 saturated heterocycles. The maximum atomic E-state index is 9.26. The number of hydrogen-bond donors (Lipinski definition) is 0. The number of unbranched alkanes of at least 4 members (excludes halogenated alkanes) is 1. The molecule has 4 unspecified atom stereocenters. The van der Waals surface area contributed by atoms with Crippen molar-refractivity contribution in [3.63, 3.8) is 0 Å². The predicted molar refractivity (Wildman–Crippen MR) is 71.4 cm³/mol. The monoisotopic (exact) mass is 233 g/mol. The molecule has 0 aromatic carbocycles. The first-order chi connectivity index (χ1) is 8.17. The van der Waals surface area contributed by atoms with Crippen LogP contribution in [0.5, 0.6) is 0 Å².